The van der Waals surface area contributed by atoms with Gasteiger partial charge in [-0.1, -0.05) is 41.0 Å². The molecule has 5 rings (SSSR count). The van der Waals surface area contributed by atoms with Crippen LogP contribution in [0.4, 0.5) is 5.82 Å². The van der Waals surface area contributed by atoms with Gasteiger partial charge < -0.3 is 19.7 Å². The van der Waals surface area contributed by atoms with Crippen LogP contribution in [0.2, 0.25) is 0 Å². The number of carbonyl (C=O) groups excluding carboxylic acids is 2. The minimum Gasteiger partial charge on any atom is -0.504 e. The molecule has 0 fully saturated rings. The van der Waals surface area contributed by atoms with Crippen LogP contribution < -0.4 is 10.1 Å². The molecule has 0 saturated carbocycles. The number of imidazole rings is 1. The zero-order valence-electron chi connectivity index (χ0n) is 23.5. The van der Waals surface area contributed by atoms with Gasteiger partial charge in [0.25, 0.3) is 0 Å². The second kappa shape index (κ2) is 13.2. The van der Waals surface area contributed by atoms with Crippen molar-refractivity contribution in [2.75, 3.05) is 24.7 Å². The van der Waals surface area contributed by atoms with E-state index >= 15 is 0 Å². The van der Waals surface area contributed by atoms with Gasteiger partial charge >= 0.3 is 0 Å². The van der Waals surface area contributed by atoms with E-state index in [0.29, 0.717) is 24.5 Å². The van der Waals surface area contributed by atoms with E-state index in [-0.39, 0.29) is 28.5 Å². The van der Waals surface area contributed by atoms with Crippen LogP contribution in [-0.4, -0.2) is 50.6 Å². The van der Waals surface area contributed by atoms with Gasteiger partial charge in [0.15, 0.2) is 17.3 Å². The summed E-state index contributed by atoms with van der Waals surface area (Å²) in [6.45, 7) is 3.75. The van der Waals surface area contributed by atoms with E-state index in [1.54, 1.807) is 18.2 Å². The average molecular weight is 593 g/mol. The summed E-state index contributed by atoms with van der Waals surface area (Å²) < 4.78 is 7.25. The highest BCUT2D eigenvalue weighted by Crippen LogP contribution is 2.52. The number of nitrogens with one attached hydrogen (secondary N) is 1. The molecular weight excluding hydrogens is 556 g/mol. The highest BCUT2D eigenvalue weighted by atomic mass is 33.1. The molecule has 2 aliphatic rings. The standard InChI is InChI=1S/C31H36N4O4S2/c1-3-21-4-6-25(36)16-26(37)7-5-23-15-29(39-2)28(38)14-24(23)12-22-13-27-30(34-17-22)33-9-8-31(27,41-40-18-21)19-35-11-10-32-20-35/h5,7,10-11,13-15,17,20-21,38H,3-4,6,8-9,12,16,18-19H2,1-2H3,(H,33,34). The predicted octanol–water partition coefficient (Wildman–Crippen LogP) is 6.04. The van der Waals surface area contributed by atoms with E-state index in [1.165, 1.54) is 13.2 Å². The predicted molar refractivity (Wildman–Crippen MR) is 165 cm³/mol. The van der Waals surface area contributed by atoms with E-state index < -0.39 is 0 Å². The molecule has 3 aromatic rings. The smallest absolute Gasteiger partial charge is 0.163 e. The molecule has 0 spiro atoms. The van der Waals surface area contributed by atoms with Gasteiger partial charge in [-0.15, -0.1) is 0 Å². The van der Waals surface area contributed by atoms with Gasteiger partial charge in [-0.2, -0.15) is 0 Å². The van der Waals surface area contributed by atoms with E-state index in [4.69, 9.17) is 9.72 Å². The summed E-state index contributed by atoms with van der Waals surface area (Å²) in [5.41, 5.74) is 3.74. The van der Waals surface area contributed by atoms with Crippen molar-refractivity contribution in [2.24, 2.45) is 5.92 Å². The first-order chi connectivity index (χ1) is 19.9. The number of anilines is 1. The van der Waals surface area contributed by atoms with Gasteiger partial charge in [0.1, 0.15) is 11.6 Å². The van der Waals surface area contributed by atoms with Crippen molar-refractivity contribution in [1.82, 2.24) is 14.5 Å². The number of phenolic OH excluding ortho intramolecular Hbond substituents is 1. The minimum absolute atomic E-state index is 0.0268. The molecule has 2 aliphatic heterocycles. The summed E-state index contributed by atoms with van der Waals surface area (Å²) >= 11 is 0. The number of ether oxygens (including phenoxy) is 1. The number of aromatic hydroxyl groups is 1. The fourth-order valence-electron chi connectivity index (χ4n) is 5.42. The second-order valence-corrected chi connectivity index (χ2v) is 13.5. The van der Waals surface area contributed by atoms with Gasteiger partial charge in [0.2, 0.25) is 0 Å². The number of ketones is 2. The number of hydrogen-bond acceptors (Lipinski definition) is 9. The number of pyridine rings is 1. The largest absolute Gasteiger partial charge is 0.504 e. The quantitative estimate of drug-likeness (QED) is 0.277. The Labute approximate surface area is 248 Å². The number of Topliss-reactive ketones (excluding diaryl/α,β-unsaturated/α-hetero) is 1. The highest BCUT2D eigenvalue weighted by molar-refractivity contribution is 8.77. The lowest BCUT2D eigenvalue weighted by Crippen LogP contribution is -2.35. The number of carbonyl (C=O) groups is 2. The molecule has 2 atom stereocenters. The van der Waals surface area contributed by atoms with Crippen LogP contribution in [0, 0.1) is 5.92 Å². The third-order valence-corrected chi connectivity index (χ3v) is 11.2. The minimum atomic E-state index is -0.230. The number of nitrogens with zero attached hydrogens (tertiary/aromatic N) is 3. The summed E-state index contributed by atoms with van der Waals surface area (Å²) in [6.07, 6.45) is 14.2. The normalized spacial score (nSPS) is 21.9. The molecule has 2 unspecified atom stereocenters. The molecule has 0 saturated heterocycles. The number of rotatable bonds is 4. The maximum atomic E-state index is 12.7. The third-order valence-electron chi connectivity index (χ3n) is 7.84. The van der Waals surface area contributed by atoms with Crippen LogP contribution in [-0.2, 0) is 27.3 Å². The molecule has 0 aliphatic carbocycles. The monoisotopic (exact) mass is 592 g/mol. The van der Waals surface area contributed by atoms with Crippen LogP contribution in [0.3, 0.4) is 0 Å². The molecule has 41 heavy (non-hydrogen) atoms. The lowest BCUT2D eigenvalue weighted by atomic mass is 9.89. The van der Waals surface area contributed by atoms with Crippen LogP contribution in [0.5, 0.6) is 11.5 Å². The Bertz CT molecular complexity index is 1430. The highest BCUT2D eigenvalue weighted by Gasteiger charge is 2.39. The maximum Gasteiger partial charge on any atom is 0.163 e. The van der Waals surface area contributed by atoms with E-state index in [0.717, 1.165) is 66.2 Å². The number of phenols is 1. The van der Waals surface area contributed by atoms with Crippen molar-refractivity contribution < 1.29 is 19.4 Å². The Hall–Kier alpha value is -3.24. The molecular formula is C31H36N4O4S2. The van der Waals surface area contributed by atoms with Gasteiger partial charge in [-0.25, -0.2) is 9.97 Å². The number of methoxy groups -OCH3 is 1. The molecule has 2 aromatic heterocycles. The van der Waals surface area contributed by atoms with Gasteiger partial charge in [-0.3, -0.25) is 9.59 Å². The Balaban J connectivity index is 1.58. The van der Waals surface area contributed by atoms with E-state index in [9.17, 15) is 14.7 Å². The average Bonchev–Trinajstić information content (AvgIpc) is 3.47. The van der Waals surface area contributed by atoms with Gasteiger partial charge in [0, 0.05) is 49.4 Å². The summed E-state index contributed by atoms with van der Waals surface area (Å²) in [7, 11) is 5.25. The lowest BCUT2D eigenvalue weighted by molar-refractivity contribution is -0.124. The fraction of sp³-hybridized carbons (Fsp3) is 0.419. The van der Waals surface area contributed by atoms with Crippen LogP contribution in [0.1, 0.15) is 61.3 Å². The fourth-order valence-corrected chi connectivity index (χ4v) is 9.08. The topological polar surface area (TPSA) is 106 Å². The summed E-state index contributed by atoms with van der Waals surface area (Å²) in [6, 6.07) is 5.64. The second-order valence-electron chi connectivity index (χ2n) is 10.7. The first kappa shape index (κ1) is 29.3. The summed E-state index contributed by atoms with van der Waals surface area (Å²) in [4.78, 5) is 34.5. The molecule has 0 radical (unpaired) electrons. The van der Waals surface area contributed by atoms with Gasteiger partial charge in [0.05, 0.1) is 24.6 Å². The van der Waals surface area contributed by atoms with Crippen molar-refractivity contribution in [3.63, 3.8) is 0 Å². The lowest BCUT2D eigenvalue weighted by Gasteiger charge is -2.38. The number of fused-ring (bicyclic) bond motifs is 2. The number of allylic oxidation sites excluding steroid dienone is 1. The first-order valence-electron chi connectivity index (χ1n) is 14.0. The van der Waals surface area contributed by atoms with E-state index in [2.05, 4.69) is 27.9 Å². The number of aromatic nitrogens is 3. The number of benzene rings is 1. The Morgan fingerprint density at radius 3 is 2.88 bits per heavy atom. The van der Waals surface area contributed by atoms with Crippen molar-refractivity contribution in [2.45, 2.75) is 56.7 Å². The Kier molecular flexibility index (Phi) is 9.39. The van der Waals surface area contributed by atoms with Crippen LogP contribution >= 0.6 is 21.6 Å². The maximum absolute atomic E-state index is 12.7. The molecule has 0 amide bonds. The van der Waals surface area contributed by atoms with E-state index in [1.807, 2.05) is 46.5 Å². The van der Waals surface area contributed by atoms with Gasteiger partial charge in [-0.05, 0) is 66.1 Å². The molecule has 4 heterocycles. The van der Waals surface area contributed by atoms with Crippen molar-refractivity contribution in [1.29, 1.82) is 0 Å². The SMILES string of the molecule is CCC1CCC(=O)CC(=O)C=Cc2cc(OC)c(O)cc2Cc2cnc3c(c2)C(Cn2ccnc2)(CCN3)SSC1. The Morgan fingerprint density at radius 1 is 1.22 bits per heavy atom. The first-order valence-corrected chi connectivity index (χ1v) is 16.3. The zero-order chi connectivity index (χ0) is 28.8. The van der Waals surface area contributed by atoms with Crippen molar-refractivity contribution >= 4 is 45.0 Å². The van der Waals surface area contributed by atoms with Crippen LogP contribution in [0.15, 0.2) is 49.2 Å². The molecule has 1 aromatic carbocycles. The molecule has 2 bridgehead atoms. The zero-order valence-corrected chi connectivity index (χ0v) is 25.1. The number of hydrogen-bond donors (Lipinski definition) is 2. The third kappa shape index (κ3) is 6.98. The molecule has 2 N–H and O–H groups in total. The van der Waals surface area contributed by atoms with Crippen LogP contribution in [0.25, 0.3) is 6.08 Å². The molecule has 10 heteroatoms. The summed E-state index contributed by atoms with van der Waals surface area (Å²) in [5.74, 6) is 2.32. The summed E-state index contributed by atoms with van der Waals surface area (Å²) in [5, 5.41) is 14.1. The Morgan fingerprint density at radius 2 is 2.10 bits per heavy atom. The molecule has 8 nitrogen and oxygen atoms in total. The van der Waals surface area contributed by atoms with Crippen molar-refractivity contribution in [3.8, 4) is 11.5 Å². The molecule has 216 valence electrons. The van der Waals surface area contributed by atoms with Crippen molar-refractivity contribution in [3.05, 3.63) is 71.4 Å².